The Morgan fingerprint density at radius 3 is 2.84 bits per heavy atom. The Morgan fingerprint density at radius 1 is 1.20 bits per heavy atom. The van der Waals surface area contributed by atoms with Gasteiger partial charge in [0.15, 0.2) is 5.13 Å². The Labute approximate surface area is 157 Å². The molecule has 0 bridgehead atoms. The van der Waals surface area contributed by atoms with Crippen LogP contribution >= 0.6 is 34.3 Å². The van der Waals surface area contributed by atoms with Crippen molar-refractivity contribution in [3.8, 4) is 5.75 Å². The van der Waals surface area contributed by atoms with Crippen LogP contribution in [-0.4, -0.2) is 17.5 Å². The Kier molecular flexibility index (Phi) is 4.33. The zero-order valence-electron chi connectivity index (χ0n) is 13.2. The molecule has 4 nitrogen and oxygen atoms in total. The smallest absolute Gasteiger partial charge is 0.269 e. The van der Waals surface area contributed by atoms with Gasteiger partial charge in [0.2, 0.25) is 0 Å². The fourth-order valence-corrected chi connectivity index (χ4v) is 4.83. The first-order valence-corrected chi connectivity index (χ1v) is 9.68. The van der Waals surface area contributed by atoms with E-state index in [-0.39, 0.29) is 5.91 Å². The van der Waals surface area contributed by atoms with Gasteiger partial charge in [0.25, 0.3) is 5.91 Å². The third-order valence-corrected chi connectivity index (χ3v) is 6.24. The van der Waals surface area contributed by atoms with Gasteiger partial charge in [-0.3, -0.25) is 10.1 Å². The molecule has 1 amide bonds. The summed E-state index contributed by atoms with van der Waals surface area (Å²) in [5.74, 6) is 0.555. The highest BCUT2D eigenvalue weighted by atomic mass is 35.5. The van der Waals surface area contributed by atoms with E-state index in [9.17, 15) is 4.79 Å². The number of carbonyl (C=O) groups excluding carboxylic acids is 1. The third-order valence-electron chi connectivity index (χ3n) is 3.63. The molecular formula is C18H13ClN2O2S2. The predicted octanol–water partition coefficient (Wildman–Crippen LogP) is 5.82. The number of nitrogens with one attached hydrogen (secondary N) is 1. The van der Waals surface area contributed by atoms with Gasteiger partial charge < -0.3 is 4.74 Å². The minimum atomic E-state index is -0.240. The van der Waals surface area contributed by atoms with Crippen LogP contribution in [0.3, 0.4) is 0 Å². The number of thiazole rings is 1. The maximum Gasteiger partial charge on any atom is 0.269 e. The van der Waals surface area contributed by atoms with E-state index in [0.717, 1.165) is 26.1 Å². The van der Waals surface area contributed by atoms with E-state index in [1.807, 2.05) is 49.4 Å². The lowest BCUT2D eigenvalue weighted by atomic mass is 10.2. The molecule has 2 aromatic heterocycles. The fraction of sp³-hybridized carbons (Fsp3) is 0.111. The molecule has 0 unspecified atom stereocenters. The zero-order chi connectivity index (χ0) is 17.4. The topological polar surface area (TPSA) is 51.2 Å². The first kappa shape index (κ1) is 16.3. The Balaban J connectivity index is 1.63. The van der Waals surface area contributed by atoms with E-state index in [1.165, 1.54) is 22.7 Å². The molecule has 0 spiro atoms. The number of benzene rings is 2. The first-order valence-electron chi connectivity index (χ1n) is 7.67. The van der Waals surface area contributed by atoms with Crippen molar-refractivity contribution in [3.05, 3.63) is 52.4 Å². The van der Waals surface area contributed by atoms with Crippen LogP contribution in [0.4, 0.5) is 5.13 Å². The summed E-state index contributed by atoms with van der Waals surface area (Å²) in [6.07, 6.45) is 0. The average molecular weight is 389 g/mol. The van der Waals surface area contributed by atoms with Crippen molar-refractivity contribution in [3.63, 3.8) is 0 Å². The minimum Gasteiger partial charge on any atom is -0.494 e. The van der Waals surface area contributed by atoms with Crippen molar-refractivity contribution in [2.75, 3.05) is 11.9 Å². The van der Waals surface area contributed by atoms with Gasteiger partial charge in [-0.25, -0.2) is 4.98 Å². The summed E-state index contributed by atoms with van der Waals surface area (Å²) in [7, 11) is 0. The number of ether oxygens (including phenoxy) is 1. The van der Waals surface area contributed by atoms with Crippen molar-refractivity contribution < 1.29 is 9.53 Å². The monoisotopic (exact) mass is 388 g/mol. The number of halogens is 1. The second-order valence-electron chi connectivity index (χ2n) is 5.28. The number of amides is 1. The van der Waals surface area contributed by atoms with Crippen LogP contribution in [0.1, 0.15) is 16.6 Å². The summed E-state index contributed by atoms with van der Waals surface area (Å²) in [6.45, 7) is 2.55. The fourth-order valence-electron chi connectivity index (χ4n) is 2.53. The lowest BCUT2D eigenvalue weighted by Crippen LogP contribution is -2.10. The van der Waals surface area contributed by atoms with Crippen LogP contribution in [0.15, 0.2) is 42.5 Å². The number of thiophene rings is 1. The molecule has 25 heavy (non-hydrogen) atoms. The summed E-state index contributed by atoms with van der Waals surface area (Å²) >= 11 is 9.16. The summed E-state index contributed by atoms with van der Waals surface area (Å²) in [4.78, 5) is 17.6. The molecule has 0 aliphatic rings. The third kappa shape index (κ3) is 3.08. The normalized spacial score (nSPS) is 11.1. The molecule has 2 aromatic carbocycles. The van der Waals surface area contributed by atoms with E-state index < -0.39 is 0 Å². The highest BCUT2D eigenvalue weighted by molar-refractivity contribution is 7.23. The van der Waals surface area contributed by atoms with Crippen LogP contribution in [0.2, 0.25) is 5.02 Å². The maximum atomic E-state index is 12.6. The molecule has 0 atom stereocenters. The van der Waals surface area contributed by atoms with Gasteiger partial charge in [-0.15, -0.1) is 11.3 Å². The lowest BCUT2D eigenvalue weighted by Gasteiger charge is -2.00. The van der Waals surface area contributed by atoms with Gasteiger partial charge in [-0.1, -0.05) is 41.1 Å². The van der Waals surface area contributed by atoms with Crippen LogP contribution in [0, 0.1) is 0 Å². The molecule has 126 valence electrons. The Hall–Kier alpha value is -2.15. The number of hydrogen-bond donors (Lipinski definition) is 1. The molecule has 0 radical (unpaired) electrons. The SMILES string of the molecule is CCOc1ccc2nc(NC(=O)c3sc4ccccc4c3Cl)sc2c1. The van der Waals surface area contributed by atoms with E-state index in [2.05, 4.69) is 10.3 Å². The van der Waals surface area contributed by atoms with Gasteiger partial charge in [-0.05, 0) is 31.2 Å². The summed E-state index contributed by atoms with van der Waals surface area (Å²) in [5, 5.41) is 4.78. The van der Waals surface area contributed by atoms with Gasteiger partial charge in [-0.2, -0.15) is 0 Å². The summed E-state index contributed by atoms with van der Waals surface area (Å²) in [6, 6.07) is 13.4. The van der Waals surface area contributed by atoms with Crippen LogP contribution < -0.4 is 10.1 Å². The maximum absolute atomic E-state index is 12.6. The number of hydrogen-bond acceptors (Lipinski definition) is 5. The van der Waals surface area contributed by atoms with E-state index in [4.69, 9.17) is 16.3 Å². The van der Waals surface area contributed by atoms with E-state index in [0.29, 0.717) is 21.6 Å². The highest BCUT2D eigenvalue weighted by Crippen LogP contribution is 2.36. The number of carbonyl (C=O) groups is 1. The zero-order valence-corrected chi connectivity index (χ0v) is 15.6. The lowest BCUT2D eigenvalue weighted by molar-refractivity contribution is 0.103. The predicted molar refractivity (Wildman–Crippen MR) is 106 cm³/mol. The van der Waals surface area contributed by atoms with Gasteiger partial charge >= 0.3 is 0 Å². The highest BCUT2D eigenvalue weighted by Gasteiger charge is 2.18. The average Bonchev–Trinajstić information content (AvgIpc) is 3.16. The molecule has 4 aromatic rings. The quantitative estimate of drug-likeness (QED) is 0.479. The Bertz CT molecular complexity index is 1090. The molecular weight excluding hydrogens is 376 g/mol. The van der Waals surface area contributed by atoms with Crippen LogP contribution in [-0.2, 0) is 0 Å². The molecule has 4 rings (SSSR count). The molecule has 0 saturated carbocycles. The van der Waals surface area contributed by atoms with Crippen molar-refractivity contribution >= 4 is 65.6 Å². The van der Waals surface area contributed by atoms with Crippen molar-refractivity contribution in [1.82, 2.24) is 4.98 Å². The molecule has 0 aliphatic heterocycles. The van der Waals surface area contributed by atoms with Gasteiger partial charge in [0.05, 0.1) is 21.8 Å². The molecule has 0 saturated heterocycles. The second kappa shape index (κ2) is 6.63. The summed E-state index contributed by atoms with van der Waals surface area (Å²) in [5.41, 5.74) is 0.825. The number of fused-ring (bicyclic) bond motifs is 2. The van der Waals surface area contributed by atoms with E-state index >= 15 is 0 Å². The largest absolute Gasteiger partial charge is 0.494 e. The Morgan fingerprint density at radius 2 is 2.04 bits per heavy atom. The summed E-state index contributed by atoms with van der Waals surface area (Å²) < 4.78 is 7.45. The van der Waals surface area contributed by atoms with Crippen molar-refractivity contribution in [1.29, 1.82) is 0 Å². The molecule has 7 heteroatoms. The van der Waals surface area contributed by atoms with Gasteiger partial charge in [0, 0.05) is 10.1 Å². The second-order valence-corrected chi connectivity index (χ2v) is 7.74. The minimum absolute atomic E-state index is 0.240. The number of aromatic nitrogens is 1. The first-order chi connectivity index (χ1) is 12.2. The van der Waals surface area contributed by atoms with Crippen molar-refractivity contribution in [2.24, 2.45) is 0 Å². The standard InChI is InChI=1S/C18H13ClN2O2S2/c1-2-23-10-7-8-12-14(9-10)25-18(20-12)21-17(22)16-15(19)11-5-3-4-6-13(11)24-16/h3-9H,2H2,1H3,(H,20,21,22). The van der Waals surface area contributed by atoms with Crippen LogP contribution in [0.25, 0.3) is 20.3 Å². The molecule has 1 N–H and O–H groups in total. The molecule has 0 aliphatic carbocycles. The van der Waals surface area contributed by atoms with Crippen LogP contribution in [0.5, 0.6) is 5.75 Å². The van der Waals surface area contributed by atoms with E-state index in [1.54, 1.807) is 0 Å². The van der Waals surface area contributed by atoms with Crippen molar-refractivity contribution in [2.45, 2.75) is 6.92 Å². The number of rotatable bonds is 4. The molecule has 2 heterocycles. The molecule has 0 fully saturated rings. The van der Waals surface area contributed by atoms with Gasteiger partial charge in [0.1, 0.15) is 10.6 Å². The number of anilines is 1. The number of nitrogens with zero attached hydrogens (tertiary/aromatic N) is 1.